The van der Waals surface area contributed by atoms with Crippen molar-refractivity contribution < 1.29 is 9.59 Å². The quantitative estimate of drug-likeness (QED) is 0.872. The van der Waals surface area contributed by atoms with Gasteiger partial charge >= 0.3 is 0 Å². The molecule has 1 saturated heterocycles. The largest absolute Gasteiger partial charge is 0.347 e. The standard InChI is InChI=1S/C19H23N3O2.ClH/c1-14-13-22(10-9-20-14)19(24)12-21-18(23)11-16-7-4-6-15-5-2-3-8-17(15)16;/h2-8,14,20H,9-13H2,1H3,(H,21,23);1H. The Morgan fingerprint density at radius 3 is 2.76 bits per heavy atom. The molecule has 1 unspecified atom stereocenters. The van der Waals surface area contributed by atoms with Gasteiger partial charge < -0.3 is 15.5 Å². The van der Waals surface area contributed by atoms with Crippen LogP contribution in [0.2, 0.25) is 0 Å². The Labute approximate surface area is 154 Å². The highest BCUT2D eigenvalue weighted by atomic mass is 35.5. The molecule has 1 aliphatic heterocycles. The average Bonchev–Trinajstić information content (AvgIpc) is 2.60. The van der Waals surface area contributed by atoms with E-state index in [4.69, 9.17) is 0 Å². The smallest absolute Gasteiger partial charge is 0.242 e. The number of rotatable bonds is 4. The summed E-state index contributed by atoms with van der Waals surface area (Å²) in [6, 6.07) is 14.3. The zero-order chi connectivity index (χ0) is 16.9. The van der Waals surface area contributed by atoms with Crippen LogP contribution in [0.4, 0.5) is 0 Å². The van der Waals surface area contributed by atoms with Gasteiger partial charge in [0.2, 0.25) is 11.8 Å². The van der Waals surface area contributed by atoms with Crippen LogP contribution in [-0.4, -0.2) is 48.9 Å². The highest BCUT2D eigenvalue weighted by Gasteiger charge is 2.20. The first kappa shape index (κ1) is 19.2. The van der Waals surface area contributed by atoms with Gasteiger partial charge in [-0.3, -0.25) is 9.59 Å². The Hall–Kier alpha value is -2.11. The summed E-state index contributed by atoms with van der Waals surface area (Å²) in [6.45, 7) is 4.31. The van der Waals surface area contributed by atoms with Gasteiger partial charge in [-0.2, -0.15) is 0 Å². The number of benzene rings is 2. The molecule has 1 atom stereocenters. The highest BCUT2D eigenvalue weighted by Crippen LogP contribution is 2.18. The van der Waals surface area contributed by atoms with Gasteiger partial charge in [-0.1, -0.05) is 42.5 Å². The predicted octanol–water partition coefficient (Wildman–Crippen LogP) is 1.74. The lowest BCUT2D eigenvalue weighted by Crippen LogP contribution is -2.53. The van der Waals surface area contributed by atoms with E-state index in [0.717, 1.165) is 22.9 Å². The second-order valence-corrected chi connectivity index (χ2v) is 6.29. The summed E-state index contributed by atoms with van der Waals surface area (Å²) in [4.78, 5) is 26.2. The maximum atomic E-state index is 12.2. The van der Waals surface area contributed by atoms with Crippen molar-refractivity contribution in [3.8, 4) is 0 Å². The zero-order valence-electron chi connectivity index (χ0n) is 14.3. The Morgan fingerprint density at radius 1 is 1.20 bits per heavy atom. The molecule has 2 amide bonds. The second kappa shape index (κ2) is 8.83. The van der Waals surface area contributed by atoms with Crippen molar-refractivity contribution in [2.75, 3.05) is 26.2 Å². The van der Waals surface area contributed by atoms with Crippen molar-refractivity contribution in [1.82, 2.24) is 15.5 Å². The van der Waals surface area contributed by atoms with Crippen LogP contribution in [0.15, 0.2) is 42.5 Å². The van der Waals surface area contributed by atoms with Crippen LogP contribution < -0.4 is 10.6 Å². The summed E-state index contributed by atoms with van der Waals surface area (Å²) >= 11 is 0. The topological polar surface area (TPSA) is 61.4 Å². The number of halogens is 1. The molecule has 0 aliphatic carbocycles. The Morgan fingerprint density at radius 2 is 1.96 bits per heavy atom. The molecule has 6 heteroatoms. The normalized spacial score (nSPS) is 17.0. The number of carbonyl (C=O) groups excluding carboxylic acids is 2. The number of nitrogens with one attached hydrogen (secondary N) is 2. The number of carbonyl (C=O) groups is 2. The van der Waals surface area contributed by atoms with E-state index in [-0.39, 0.29) is 37.2 Å². The van der Waals surface area contributed by atoms with Crippen LogP contribution in [0.5, 0.6) is 0 Å². The van der Waals surface area contributed by atoms with Crippen LogP contribution in [0.25, 0.3) is 10.8 Å². The van der Waals surface area contributed by atoms with Crippen molar-refractivity contribution in [3.63, 3.8) is 0 Å². The molecule has 0 aromatic heterocycles. The number of hydrogen-bond donors (Lipinski definition) is 2. The summed E-state index contributed by atoms with van der Waals surface area (Å²) in [5.74, 6) is -0.141. The molecule has 0 spiro atoms. The fraction of sp³-hybridized carbons (Fsp3) is 0.368. The molecule has 1 fully saturated rings. The lowest BCUT2D eigenvalue weighted by molar-refractivity contribution is -0.133. The van der Waals surface area contributed by atoms with Crippen LogP contribution in [0.1, 0.15) is 12.5 Å². The van der Waals surface area contributed by atoms with E-state index in [1.165, 1.54) is 0 Å². The van der Waals surface area contributed by atoms with Gasteiger partial charge in [0.25, 0.3) is 0 Å². The fourth-order valence-electron chi connectivity index (χ4n) is 3.13. The average molecular weight is 362 g/mol. The van der Waals surface area contributed by atoms with Crippen molar-refractivity contribution in [3.05, 3.63) is 48.0 Å². The number of amides is 2. The molecular weight excluding hydrogens is 338 g/mol. The molecule has 3 rings (SSSR count). The number of piperazine rings is 1. The molecule has 2 N–H and O–H groups in total. The van der Waals surface area contributed by atoms with Crippen molar-refractivity contribution in [1.29, 1.82) is 0 Å². The van der Waals surface area contributed by atoms with Crippen molar-refractivity contribution in [2.45, 2.75) is 19.4 Å². The third-order valence-corrected chi connectivity index (χ3v) is 4.39. The van der Waals surface area contributed by atoms with E-state index in [1.807, 2.05) is 42.5 Å². The molecule has 2 aromatic carbocycles. The van der Waals surface area contributed by atoms with E-state index < -0.39 is 0 Å². The third-order valence-electron chi connectivity index (χ3n) is 4.39. The van der Waals surface area contributed by atoms with Crippen LogP contribution >= 0.6 is 12.4 Å². The van der Waals surface area contributed by atoms with Gasteiger partial charge in [0.15, 0.2) is 0 Å². The highest BCUT2D eigenvalue weighted by molar-refractivity contribution is 5.91. The van der Waals surface area contributed by atoms with Gasteiger partial charge in [-0.15, -0.1) is 12.4 Å². The van der Waals surface area contributed by atoms with Gasteiger partial charge in [-0.25, -0.2) is 0 Å². The van der Waals surface area contributed by atoms with Crippen molar-refractivity contribution in [2.24, 2.45) is 0 Å². The SMILES string of the molecule is CC1CN(C(=O)CNC(=O)Cc2cccc3ccccc23)CCN1.Cl. The Kier molecular flexibility index (Phi) is 6.79. The molecule has 0 bridgehead atoms. The molecule has 134 valence electrons. The number of hydrogen-bond acceptors (Lipinski definition) is 3. The second-order valence-electron chi connectivity index (χ2n) is 6.29. The van der Waals surface area contributed by atoms with Crippen molar-refractivity contribution >= 4 is 35.0 Å². The molecular formula is C19H24ClN3O2. The third kappa shape index (κ3) is 4.94. The summed E-state index contributed by atoms with van der Waals surface area (Å²) in [6.07, 6.45) is 0.284. The lowest BCUT2D eigenvalue weighted by Gasteiger charge is -2.31. The maximum absolute atomic E-state index is 12.2. The number of nitrogens with zero attached hydrogens (tertiary/aromatic N) is 1. The van der Waals surface area contributed by atoms with E-state index in [0.29, 0.717) is 19.1 Å². The minimum atomic E-state index is -0.122. The minimum Gasteiger partial charge on any atom is -0.347 e. The van der Waals surface area contributed by atoms with E-state index in [9.17, 15) is 9.59 Å². The summed E-state index contributed by atoms with van der Waals surface area (Å²) in [5, 5.41) is 8.26. The summed E-state index contributed by atoms with van der Waals surface area (Å²) in [5.41, 5.74) is 0.980. The van der Waals surface area contributed by atoms with Crippen LogP contribution in [0, 0.1) is 0 Å². The summed E-state index contributed by atoms with van der Waals surface area (Å²) in [7, 11) is 0. The molecule has 1 aliphatic rings. The summed E-state index contributed by atoms with van der Waals surface area (Å²) < 4.78 is 0. The number of fused-ring (bicyclic) bond motifs is 1. The molecule has 25 heavy (non-hydrogen) atoms. The Bertz CT molecular complexity index is 745. The van der Waals surface area contributed by atoms with E-state index in [1.54, 1.807) is 4.90 Å². The van der Waals surface area contributed by atoms with Crippen LogP contribution in [0.3, 0.4) is 0 Å². The van der Waals surface area contributed by atoms with Gasteiger partial charge in [0, 0.05) is 25.7 Å². The minimum absolute atomic E-state index is 0. The maximum Gasteiger partial charge on any atom is 0.242 e. The molecule has 1 heterocycles. The molecule has 5 nitrogen and oxygen atoms in total. The molecule has 2 aromatic rings. The first-order valence-corrected chi connectivity index (χ1v) is 8.38. The Balaban J connectivity index is 0.00000225. The first-order valence-electron chi connectivity index (χ1n) is 8.38. The van der Waals surface area contributed by atoms with Gasteiger partial charge in [-0.05, 0) is 23.3 Å². The van der Waals surface area contributed by atoms with E-state index in [2.05, 4.69) is 17.6 Å². The van der Waals surface area contributed by atoms with E-state index >= 15 is 0 Å². The monoisotopic (exact) mass is 361 g/mol. The molecule has 0 saturated carbocycles. The van der Waals surface area contributed by atoms with Gasteiger partial charge in [0.05, 0.1) is 13.0 Å². The van der Waals surface area contributed by atoms with Crippen LogP contribution in [-0.2, 0) is 16.0 Å². The lowest BCUT2D eigenvalue weighted by atomic mass is 10.0. The zero-order valence-corrected chi connectivity index (χ0v) is 15.1. The predicted molar refractivity (Wildman–Crippen MR) is 102 cm³/mol. The fourth-order valence-corrected chi connectivity index (χ4v) is 3.13. The first-order chi connectivity index (χ1) is 11.6. The molecule has 0 radical (unpaired) electrons. The van der Waals surface area contributed by atoms with Gasteiger partial charge in [0.1, 0.15) is 0 Å².